The molecule has 0 spiro atoms. The molecule has 1 unspecified atom stereocenters. The van der Waals surface area contributed by atoms with Crippen LogP contribution >= 0.6 is 11.0 Å². The average Bonchev–Trinajstić information content (AvgIpc) is 2.81. The van der Waals surface area contributed by atoms with Crippen LogP contribution in [0.4, 0.5) is 5.69 Å². The highest BCUT2D eigenvalue weighted by atomic mass is 32.3. The third-order valence-corrected chi connectivity index (χ3v) is 7.51. The normalized spacial score (nSPS) is 20.2. The van der Waals surface area contributed by atoms with Crippen molar-refractivity contribution in [3.63, 3.8) is 0 Å². The zero-order valence-corrected chi connectivity index (χ0v) is 21.2. The molecule has 5 N–H and O–H groups in total. The van der Waals surface area contributed by atoms with E-state index in [2.05, 4.69) is 23.0 Å². The molecule has 1 fully saturated rings. The van der Waals surface area contributed by atoms with E-state index >= 15 is 0 Å². The number of hydrogen-bond donors (Lipinski definition) is 4. The van der Waals surface area contributed by atoms with Gasteiger partial charge in [-0.3, -0.25) is 18.6 Å². The molecule has 2 aromatic rings. The van der Waals surface area contributed by atoms with Gasteiger partial charge in [-0.05, 0) is 59.0 Å². The second kappa shape index (κ2) is 9.96. The molecule has 1 atom stereocenters. The zero-order chi connectivity index (χ0) is 25.2. The largest absolute Gasteiger partial charge is 0.497 e. The summed E-state index contributed by atoms with van der Waals surface area (Å²) in [5, 5.41) is 0. The third-order valence-electron chi connectivity index (χ3n) is 6.57. The summed E-state index contributed by atoms with van der Waals surface area (Å²) >= 11 is 0. The molecular weight excluding hydrogens is 468 g/mol. The number of hydrogen-bond acceptors (Lipinski definition) is 8. The van der Waals surface area contributed by atoms with E-state index in [0.29, 0.717) is 36.6 Å². The predicted molar refractivity (Wildman–Crippen MR) is 139 cm³/mol. The number of fused-ring (bicyclic) bond motifs is 1. The molecule has 2 aliphatic heterocycles. The van der Waals surface area contributed by atoms with E-state index in [0.717, 1.165) is 30.7 Å². The quantitative estimate of drug-likeness (QED) is 0.442. The zero-order valence-electron chi connectivity index (χ0n) is 20.4. The molecule has 10 heteroatoms. The number of amidine groups is 1. The first-order valence-corrected chi connectivity index (χ1v) is 13.2. The maximum absolute atomic E-state index is 13.2. The van der Waals surface area contributed by atoms with Crippen molar-refractivity contribution in [2.45, 2.75) is 38.5 Å². The highest BCUT2D eigenvalue weighted by molar-refractivity contribution is 8.24. The van der Waals surface area contributed by atoms with Gasteiger partial charge in [0.15, 0.2) is 5.84 Å². The lowest BCUT2D eigenvalue weighted by atomic mass is 9.81. The predicted octanol–water partition coefficient (Wildman–Crippen LogP) is 4.39. The molecule has 0 bridgehead atoms. The van der Waals surface area contributed by atoms with E-state index in [4.69, 9.17) is 15.2 Å². The summed E-state index contributed by atoms with van der Waals surface area (Å²) in [7, 11) is -1.71. The van der Waals surface area contributed by atoms with Crippen LogP contribution in [0.3, 0.4) is 0 Å². The van der Waals surface area contributed by atoms with Crippen LogP contribution in [0.1, 0.15) is 44.2 Å². The van der Waals surface area contributed by atoms with Gasteiger partial charge < -0.3 is 20.1 Å². The Morgan fingerprint density at radius 2 is 2.00 bits per heavy atom. The Balaban J connectivity index is 1.37. The van der Waals surface area contributed by atoms with Gasteiger partial charge in [-0.25, -0.2) is 0 Å². The third kappa shape index (κ3) is 5.83. The molecule has 0 aromatic heterocycles. The van der Waals surface area contributed by atoms with Crippen LogP contribution in [0.2, 0.25) is 0 Å². The van der Waals surface area contributed by atoms with Crippen molar-refractivity contribution in [2.24, 2.45) is 16.0 Å². The molecular formula is C25H34N4O5S. The SMILES string of the molecule is COc1ccc(C(C)(C)CC(=O)N2CCCC(COc3cccc4c3C(N)=NS(O)(O)N4)C2)cc1. The van der Waals surface area contributed by atoms with Crippen molar-refractivity contribution in [1.29, 1.82) is 0 Å². The topological polar surface area (TPSA) is 130 Å². The van der Waals surface area contributed by atoms with Crippen LogP contribution in [0.25, 0.3) is 0 Å². The maximum Gasteiger partial charge on any atom is 0.223 e. The summed E-state index contributed by atoms with van der Waals surface area (Å²) in [6.45, 7) is 5.98. The number of carbonyl (C=O) groups is 1. The van der Waals surface area contributed by atoms with Gasteiger partial charge in [-0.2, -0.15) is 0 Å². The van der Waals surface area contributed by atoms with Crippen molar-refractivity contribution >= 4 is 28.4 Å². The number of piperidine rings is 1. The summed E-state index contributed by atoms with van der Waals surface area (Å²) in [5.74, 6) is 1.67. The lowest BCUT2D eigenvalue weighted by molar-refractivity contribution is -0.134. The molecule has 2 aromatic carbocycles. The minimum atomic E-state index is -3.35. The number of benzene rings is 2. The maximum atomic E-state index is 13.2. The summed E-state index contributed by atoms with van der Waals surface area (Å²) in [6.07, 6.45) is 2.30. The molecule has 2 heterocycles. The number of methoxy groups -OCH3 is 1. The van der Waals surface area contributed by atoms with Crippen LogP contribution in [0.15, 0.2) is 46.9 Å². The molecule has 0 radical (unpaired) electrons. The molecule has 9 nitrogen and oxygen atoms in total. The molecule has 1 saturated heterocycles. The van der Waals surface area contributed by atoms with Crippen molar-refractivity contribution in [3.05, 3.63) is 53.6 Å². The van der Waals surface area contributed by atoms with E-state index in [9.17, 15) is 13.9 Å². The number of anilines is 1. The number of rotatable bonds is 7. The molecule has 4 rings (SSSR count). The second-order valence-electron chi connectivity index (χ2n) is 9.72. The molecule has 35 heavy (non-hydrogen) atoms. The second-order valence-corrected chi connectivity index (χ2v) is 11.1. The molecule has 1 amide bonds. The van der Waals surface area contributed by atoms with Gasteiger partial charge in [-0.15, -0.1) is 4.40 Å². The lowest BCUT2D eigenvalue weighted by Gasteiger charge is -2.36. The highest BCUT2D eigenvalue weighted by Gasteiger charge is 2.31. The van der Waals surface area contributed by atoms with E-state index in [1.54, 1.807) is 25.3 Å². The Kier molecular flexibility index (Phi) is 7.16. The summed E-state index contributed by atoms with van der Waals surface area (Å²) in [5.41, 5.74) is 7.78. The van der Waals surface area contributed by atoms with Crippen LogP contribution in [0.5, 0.6) is 11.5 Å². The van der Waals surface area contributed by atoms with Gasteiger partial charge in [0.25, 0.3) is 0 Å². The van der Waals surface area contributed by atoms with Crippen LogP contribution < -0.4 is 19.9 Å². The minimum Gasteiger partial charge on any atom is -0.497 e. The number of carbonyl (C=O) groups excluding carboxylic acids is 1. The molecule has 2 aliphatic rings. The number of likely N-dealkylation sites (tertiary alicyclic amines) is 1. The molecule has 0 saturated carbocycles. The van der Waals surface area contributed by atoms with E-state index in [-0.39, 0.29) is 23.1 Å². The monoisotopic (exact) mass is 502 g/mol. The van der Waals surface area contributed by atoms with Gasteiger partial charge >= 0.3 is 0 Å². The molecule has 0 aliphatic carbocycles. The fourth-order valence-corrected chi connectivity index (χ4v) is 5.50. The van der Waals surface area contributed by atoms with Gasteiger partial charge in [-0.1, -0.05) is 32.0 Å². The summed E-state index contributed by atoms with van der Waals surface area (Å²) in [4.78, 5) is 15.1. The highest BCUT2D eigenvalue weighted by Crippen LogP contribution is 2.47. The van der Waals surface area contributed by atoms with E-state index < -0.39 is 11.0 Å². The Labute approximate surface area is 207 Å². The first kappa shape index (κ1) is 25.2. The van der Waals surface area contributed by atoms with Crippen LogP contribution in [-0.4, -0.2) is 52.6 Å². The Morgan fingerprint density at radius 1 is 1.26 bits per heavy atom. The van der Waals surface area contributed by atoms with Gasteiger partial charge in [0, 0.05) is 25.4 Å². The van der Waals surface area contributed by atoms with E-state index in [1.807, 2.05) is 29.2 Å². The minimum absolute atomic E-state index is 0.0237. The first-order valence-electron chi connectivity index (χ1n) is 11.7. The fourth-order valence-electron chi connectivity index (χ4n) is 4.62. The van der Waals surface area contributed by atoms with Crippen LogP contribution in [-0.2, 0) is 10.2 Å². The van der Waals surface area contributed by atoms with Crippen molar-refractivity contribution in [2.75, 3.05) is 31.5 Å². The number of ether oxygens (including phenoxy) is 2. The van der Waals surface area contributed by atoms with Gasteiger partial charge in [0.05, 0.1) is 25.0 Å². The summed E-state index contributed by atoms with van der Waals surface area (Å²) < 4.78 is 37.4. The fraction of sp³-hybridized carbons (Fsp3) is 0.440. The number of nitrogens with one attached hydrogen (secondary N) is 1. The number of nitrogens with zero attached hydrogens (tertiary/aromatic N) is 2. The Hall–Kier alpha value is -2.95. The van der Waals surface area contributed by atoms with Crippen molar-refractivity contribution < 1.29 is 23.4 Å². The van der Waals surface area contributed by atoms with Gasteiger partial charge in [0.1, 0.15) is 11.5 Å². The Morgan fingerprint density at radius 3 is 2.71 bits per heavy atom. The summed E-state index contributed by atoms with van der Waals surface area (Å²) in [6, 6.07) is 13.1. The first-order chi connectivity index (χ1) is 16.6. The molecule has 190 valence electrons. The average molecular weight is 503 g/mol. The Bertz CT molecular complexity index is 1100. The standard InChI is InChI=1S/C25H34N4O5S/c1-25(2,18-9-11-19(33-3)12-10-18)14-22(30)29-13-5-6-17(15-29)16-34-21-8-4-7-20-23(21)24(26)28-35(31,32)27-20/h4,7-12,17,27,31-32H,5-6,13-16H2,1-3H3,(H2,26,28). The smallest absolute Gasteiger partial charge is 0.223 e. The van der Waals surface area contributed by atoms with E-state index in [1.165, 1.54) is 0 Å². The van der Waals surface area contributed by atoms with Crippen LogP contribution in [0, 0.1) is 5.92 Å². The van der Waals surface area contributed by atoms with Crippen molar-refractivity contribution in [1.82, 2.24) is 4.90 Å². The number of nitrogens with two attached hydrogens (primary N) is 1. The number of amides is 1. The lowest BCUT2D eigenvalue weighted by Crippen LogP contribution is -2.43. The van der Waals surface area contributed by atoms with Gasteiger partial charge in [0.2, 0.25) is 5.91 Å². The van der Waals surface area contributed by atoms with Crippen molar-refractivity contribution in [3.8, 4) is 11.5 Å².